The summed E-state index contributed by atoms with van der Waals surface area (Å²) in [7, 11) is -0.941. The summed E-state index contributed by atoms with van der Waals surface area (Å²) in [4.78, 5) is 6.89. The summed E-state index contributed by atoms with van der Waals surface area (Å²) < 4.78 is 31.9. The number of hydrogen-bond donors (Lipinski definition) is 0. The van der Waals surface area contributed by atoms with E-state index < -0.39 is 15.5 Å². The molecule has 0 aliphatic heterocycles. The molecule has 0 bridgehead atoms. The highest BCUT2D eigenvalue weighted by molar-refractivity contribution is 7.93. The van der Waals surface area contributed by atoms with Crippen LogP contribution in [0.4, 0.5) is 15.8 Å². The van der Waals surface area contributed by atoms with Crippen molar-refractivity contribution in [1.82, 2.24) is 4.90 Å². The van der Waals surface area contributed by atoms with E-state index in [1.807, 2.05) is 45.7 Å². The van der Waals surface area contributed by atoms with Gasteiger partial charge in [0.15, 0.2) is 0 Å². The van der Waals surface area contributed by atoms with E-state index in [0.29, 0.717) is 27.0 Å². The third kappa shape index (κ3) is 6.17. The van der Waals surface area contributed by atoms with Gasteiger partial charge in [-0.25, -0.2) is 13.6 Å². The van der Waals surface area contributed by atoms with Crippen LogP contribution in [0.15, 0.2) is 44.6 Å². The molecule has 0 N–H and O–H groups in total. The second-order valence-electron chi connectivity index (χ2n) is 7.28. The van der Waals surface area contributed by atoms with Crippen LogP contribution >= 0.6 is 23.2 Å². The fraction of sp³-hybridized carbons (Fsp3) is 0.381. The number of aryl methyl sites for hydroxylation is 1. The van der Waals surface area contributed by atoms with Gasteiger partial charge in [0, 0.05) is 19.3 Å². The molecule has 158 valence electrons. The molecule has 0 aromatic heterocycles. The van der Waals surface area contributed by atoms with Crippen molar-refractivity contribution in [3.05, 3.63) is 51.8 Å². The second-order valence-corrected chi connectivity index (χ2v) is 10.3. The van der Waals surface area contributed by atoms with E-state index in [0.717, 1.165) is 12.1 Å². The van der Waals surface area contributed by atoms with Crippen molar-refractivity contribution in [2.75, 3.05) is 19.3 Å². The number of halogens is 3. The van der Waals surface area contributed by atoms with Crippen LogP contribution in [-0.2, 0) is 9.73 Å². The molecular formula is C21H26Cl2FN3OS. The van der Waals surface area contributed by atoms with Gasteiger partial charge in [-0.05, 0) is 55.7 Å². The monoisotopic (exact) mass is 457 g/mol. The third-order valence-electron chi connectivity index (χ3n) is 4.20. The van der Waals surface area contributed by atoms with Gasteiger partial charge in [-0.15, -0.1) is 0 Å². The third-order valence-corrected chi connectivity index (χ3v) is 7.54. The van der Waals surface area contributed by atoms with Crippen molar-refractivity contribution >= 4 is 50.6 Å². The number of benzene rings is 2. The van der Waals surface area contributed by atoms with Crippen molar-refractivity contribution < 1.29 is 8.60 Å². The molecule has 0 saturated heterocycles. The Morgan fingerprint density at radius 3 is 2.48 bits per heavy atom. The minimum Gasteiger partial charge on any atom is -0.366 e. The van der Waals surface area contributed by atoms with Gasteiger partial charge in [0.2, 0.25) is 0 Å². The van der Waals surface area contributed by atoms with E-state index in [4.69, 9.17) is 23.2 Å². The van der Waals surface area contributed by atoms with Gasteiger partial charge in [0.1, 0.15) is 5.82 Å². The number of hydrogen-bond acceptors (Lipinski definition) is 3. The Balaban J connectivity index is 2.62. The standard InChI is InChI=1S/C21H26Cl2FN3OS/c1-6-27(5)13-25-20-9-15(4)21(11-18(20)23)29(28,12-14(2)3)26-16-7-8-19(24)17(22)10-16/h7-11,13-14H,6,12H2,1-5H3. The fourth-order valence-corrected chi connectivity index (χ4v) is 5.70. The van der Waals surface area contributed by atoms with Crippen molar-refractivity contribution in [3.8, 4) is 0 Å². The lowest BCUT2D eigenvalue weighted by Gasteiger charge is -2.17. The predicted molar refractivity (Wildman–Crippen MR) is 122 cm³/mol. The van der Waals surface area contributed by atoms with Gasteiger partial charge in [0.05, 0.1) is 42.4 Å². The van der Waals surface area contributed by atoms with Crippen LogP contribution in [0.25, 0.3) is 0 Å². The largest absolute Gasteiger partial charge is 0.366 e. The summed E-state index contributed by atoms with van der Waals surface area (Å²) in [6, 6.07) is 7.56. The van der Waals surface area contributed by atoms with Gasteiger partial charge < -0.3 is 4.90 Å². The van der Waals surface area contributed by atoms with E-state index in [2.05, 4.69) is 9.36 Å². The van der Waals surface area contributed by atoms with Crippen LogP contribution in [0.2, 0.25) is 10.0 Å². The van der Waals surface area contributed by atoms with Crippen molar-refractivity contribution in [2.24, 2.45) is 15.3 Å². The molecule has 0 fully saturated rings. The quantitative estimate of drug-likeness (QED) is 0.336. The highest BCUT2D eigenvalue weighted by Crippen LogP contribution is 2.34. The molecule has 0 aliphatic carbocycles. The Hall–Kier alpha value is -1.63. The van der Waals surface area contributed by atoms with Crippen LogP contribution in [0, 0.1) is 18.7 Å². The summed E-state index contributed by atoms with van der Waals surface area (Å²) in [5, 5.41) is 0.340. The minimum absolute atomic E-state index is 0.0583. The zero-order valence-corrected chi connectivity index (χ0v) is 19.6. The molecule has 0 spiro atoms. The summed E-state index contributed by atoms with van der Waals surface area (Å²) in [6.07, 6.45) is 1.70. The molecule has 8 heteroatoms. The van der Waals surface area contributed by atoms with Gasteiger partial charge in [-0.1, -0.05) is 37.0 Å². The Kier molecular flexibility index (Phi) is 8.09. The first-order chi connectivity index (χ1) is 13.6. The maximum absolute atomic E-state index is 14.0. The van der Waals surface area contributed by atoms with Crippen LogP contribution in [0.5, 0.6) is 0 Å². The predicted octanol–water partition coefficient (Wildman–Crippen LogP) is 6.87. The molecule has 4 nitrogen and oxygen atoms in total. The lowest BCUT2D eigenvalue weighted by molar-refractivity contribution is 0.552. The average Bonchev–Trinajstić information content (AvgIpc) is 2.64. The van der Waals surface area contributed by atoms with Crippen LogP contribution in [0.1, 0.15) is 26.3 Å². The molecule has 0 aliphatic rings. The van der Waals surface area contributed by atoms with Crippen molar-refractivity contribution in [1.29, 1.82) is 0 Å². The maximum Gasteiger partial charge on any atom is 0.141 e. The molecule has 1 unspecified atom stereocenters. The zero-order valence-electron chi connectivity index (χ0n) is 17.2. The normalized spacial score (nSPS) is 13.7. The zero-order chi connectivity index (χ0) is 21.8. The highest BCUT2D eigenvalue weighted by atomic mass is 35.5. The van der Waals surface area contributed by atoms with Crippen LogP contribution < -0.4 is 0 Å². The Morgan fingerprint density at radius 2 is 1.90 bits per heavy atom. The van der Waals surface area contributed by atoms with Crippen molar-refractivity contribution in [3.63, 3.8) is 0 Å². The molecule has 0 amide bonds. The summed E-state index contributed by atoms with van der Waals surface area (Å²) in [5.74, 6) is -0.0870. The molecule has 0 heterocycles. The molecule has 2 rings (SSSR count). The summed E-state index contributed by atoms with van der Waals surface area (Å²) in [6.45, 7) is 8.65. The fourth-order valence-electron chi connectivity index (χ4n) is 2.67. The van der Waals surface area contributed by atoms with Gasteiger partial charge in [-0.2, -0.15) is 4.36 Å². The number of rotatable bonds is 7. The Bertz CT molecular complexity index is 1030. The molecule has 0 radical (unpaired) electrons. The molecule has 2 aromatic rings. The topological polar surface area (TPSA) is 45.0 Å². The number of aliphatic imine (C=N–C) groups is 1. The van der Waals surface area contributed by atoms with Crippen LogP contribution in [0.3, 0.4) is 0 Å². The minimum atomic E-state index is -2.86. The van der Waals surface area contributed by atoms with E-state index in [-0.39, 0.29) is 10.9 Å². The molecule has 29 heavy (non-hydrogen) atoms. The van der Waals surface area contributed by atoms with E-state index in [9.17, 15) is 8.60 Å². The van der Waals surface area contributed by atoms with E-state index in [1.165, 1.54) is 18.2 Å². The smallest absolute Gasteiger partial charge is 0.141 e. The first-order valence-corrected chi connectivity index (χ1v) is 11.7. The summed E-state index contributed by atoms with van der Waals surface area (Å²) in [5.41, 5.74) is 1.75. The second kappa shape index (κ2) is 9.92. The van der Waals surface area contributed by atoms with Gasteiger partial charge in [0.25, 0.3) is 0 Å². The first kappa shape index (κ1) is 23.6. The first-order valence-electron chi connectivity index (χ1n) is 9.30. The summed E-state index contributed by atoms with van der Waals surface area (Å²) >= 11 is 12.3. The van der Waals surface area contributed by atoms with Crippen LogP contribution in [-0.4, -0.2) is 34.8 Å². The molecule has 0 saturated carbocycles. The van der Waals surface area contributed by atoms with E-state index in [1.54, 1.807) is 12.4 Å². The Morgan fingerprint density at radius 1 is 1.21 bits per heavy atom. The van der Waals surface area contributed by atoms with Crippen molar-refractivity contribution in [2.45, 2.75) is 32.6 Å². The SMILES string of the molecule is CCN(C)C=Nc1cc(C)c(S(=O)(CC(C)C)=Nc2ccc(F)c(Cl)c2)cc1Cl. The maximum atomic E-state index is 14.0. The lowest BCUT2D eigenvalue weighted by atomic mass is 10.2. The van der Waals surface area contributed by atoms with Gasteiger partial charge >= 0.3 is 0 Å². The highest BCUT2D eigenvalue weighted by Gasteiger charge is 2.20. The molecular weight excluding hydrogens is 432 g/mol. The molecule has 1 atom stereocenters. The van der Waals surface area contributed by atoms with Gasteiger partial charge in [-0.3, -0.25) is 0 Å². The van der Waals surface area contributed by atoms with E-state index >= 15 is 0 Å². The number of nitrogens with zero attached hydrogens (tertiary/aromatic N) is 3. The Labute approximate surface area is 182 Å². The molecule has 2 aromatic carbocycles. The lowest BCUT2D eigenvalue weighted by Crippen LogP contribution is -2.14. The average molecular weight is 458 g/mol.